The quantitative estimate of drug-likeness (QED) is 0.549. The molecule has 0 atom stereocenters. The molecule has 0 aliphatic rings. The summed E-state index contributed by atoms with van der Waals surface area (Å²) < 4.78 is 10.1. The van der Waals surface area contributed by atoms with Gasteiger partial charge in [-0.05, 0) is 29.2 Å². The van der Waals surface area contributed by atoms with Crippen LogP contribution in [0.1, 0.15) is 36.7 Å². The first-order valence-electron chi connectivity index (χ1n) is 8.85. The molecule has 0 saturated heterocycles. The molecule has 3 aromatic rings. The van der Waals surface area contributed by atoms with Gasteiger partial charge < -0.3 is 14.5 Å². The molecule has 3 rings (SSSR count). The van der Waals surface area contributed by atoms with E-state index in [-0.39, 0.29) is 11.0 Å². The summed E-state index contributed by atoms with van der Waals surface area (Å²) in [5.74, 6) is -1.39. The Morgan fingerprint density at radius 3 is 2.46 bits per heavy atom. The van der Waals surface area contributed by atoms with Crippen LogP contribution in [0.5, 0.6) is 0 Å². The standard InChI is InChI=1S/C22H21NO5/c1-22(2,3)16-9-5-6-10-17(16)23-19(24)13-27-20(25)15-12-14-8-4-7-11-18(14)28-21(15)26/h4-12H,13H2,1-3H3,(H,23,24). The predicted octanol–water partition coefficient (Wildman–Crippen LogP) is 3.89. The molecular weight excluding hydrogens is 358 g/mol. The van der Waals surface area contributed by atoms with Crippen LogP contribution in [0.2, 0.25) is 0 Å². The van der Waals surface area contributed by atoms with Crippen LogP contribution in [0.4, 0.5) is 5.69 Å². The zero-order chi connectivity index (χ0) is 20.3. The van der Waals surface area contributed by atoms with Crippen molar-refractivity contribution in [3.63, 3.8) is 0 Å². The molecule has 1 amide bonds. The number of hydrogen-bond acceptors (Lipinski definition) is 5. The Hall–Kier alpha value is -3.41. The first kappa shape index (κ1) is 19.4. The lowest BCUT2D eigenvalue weighted by atomic mass is 9.86. The largest absolute Gasteiger partial charge is 0.452 e. The molecule has 2 aromatic carbocycles. The SMILES string of the molecule is CC(C)(C)c1ccccc1NC(=O)COC(=O)c1cc2ccccc2oc1=O. The van der Waals surface area contributed by atoms with Gasteiger partial charge in [-0.1, -0.05) is 57.2 Å². The number of hydrogen-bond donors (Lipinski definition) is 1. The van der Waals surface area contributed by atoms with Crippen LogP contribution >= 0.6 is 0 Å². The zero-order valence-corrected chi connectivity index (χ0v) is 15.9. The van der Waals surface area contributed by atoms with E-state index in [1.165, 1.54) is 6.07 Å². The number of fused-ring (bicyclic) bond motifs is 1. The molecule has 0 saturated carbocycles. The van der Waals surface area contributed by atoms with Crippen LogP contribution in [0.25, 0.3) is 11.0 Å². The summed E-state index contributed by atoms with van der Waals surface area (Å²) >= 11 is 0. The number of amides is 1. The van der Waals surface area contributed by atoms with Crippen molar-refractivity contribution in [2.75, 3.05) is 11.9 Å². The first-order valence-corrected chi connectivity index (χ1v) is 8.85. The predicted molar refractivity (Wildman–Crippen MR) is 107 cm³/mol. The van der Waals surface area contributed by atoms with Gasteiger partial charge in [0.1, 0.15) is 11.1 Å². The minimum atomic E-state index is -0.904. The Morgan fingerprint density at radius 1 is 1.04 bits per heavy atom. The van der Waals surface area contributed by atoms with E-state index in [0.717, 1.165) is 5.56 Å². The summed E-state index contributed by atoms with van der Waals surface area (Å²) in [6.45, 7) is 5.61. The number of carbonyl (C=O) groups is 2. The van der Waals surface area contributed by atoms with Crippen molar-refractivity contribution in [1.29, 1.82) is 0 Å². The Balaban J connectivity index is 1.70. The minimum Gasteiger partial charge on any atom is -0.452 e. The van der Waals surface area contributed by atoms with Crippen molar-refractivity contribution in [3.8, 4) is 0 Å². The maximum atomic E-state index is 12.2. The number of anilines is 1. The maximum Gasteiger partial charge on any atom is 0.351 e. The van der Waals surface area contributed by atoms with E-state index in [1.807, 2.05) is 39.0 Å². The number of rotatable bonds is 4. The van der Waals surface area contributed by atoms with Crippen molar-refractivity contribution in [2.24, 2.45) is 0 Å². The van der Waals surface area contributed by atoms with Crippen molar-refractivity contribution in [3.05, 3.63) is 76.1 Å². The third-order valence-corrected chi connectivity index (χ3v) is 4.20. The van der Waals surface area contributed by atoms with Crippen molar-refractivity contribution in [1.82, 2.24) is 0 Å². The lowest BCUT2D eigenvalue weighted by molar-refractivity contribution is -0.119. The van der Waals surface area contributed by atoms with E-state index >= 15 is 0 Å². The lowest BCUT2D eigenvalue weighted by Crippen LogP contribution is -2.25. The van der Waals surface area contributed by atoms with E-state index < -0.39 is 24.1 Å². The second kappa shape index (κ2) is 7.68. The topological polar surface area (TPSA) is 85.6 Å². The summed E-state index contributed by atoms with van der Waals surface area (Å²) in [4.78, 5) is 36.5. The van der Waals surface area contributed by atoms with Crippen LogP contribution in [0.15, 0.2) is 63.8 Å². The molecular formula is C22H21NO5. The number of esters is 1. The van der Waals surface area contributed by atoms with Gasteiger partial charge in [-0.25, -0.2) is 9.59 Å². The summed E-state index contributed by atoms with van der Waals surface area (Å²) in [6, 6.07) is 15.7. The van der Waals surface area contributed by atoms with Gasteiger partial charge >= 0.3 is 11.6 Å². The highest BCUT2D eigenvalue weighted by atomic mass is 16.5. The van der Waals surface area contributed by atoms with Crippen LogP contribution in [0, 0.1) is 0 Å². The number of para-hydroxylation sites is 2. The van der Waals surface area contributed by atoms with Gasteiger partial charge in [-0.2, -0.15) is 0 Å². The fourth-order valence-corrected chi connectivity index (χ4v) is 2.85. The molecule has 0 aliphatic heterocycles. The summed E-state index contributed by atoms with van der Waals surface area (Å²) in [5.41, 5.74) is 0.778. The molecule has 6 nitrogen and oxygen atoms in total. The van der Waals surface area contributed by atoms with Crippen LogP contribution in [-0.2, 0) is 14.9 Å². The van der Waals surface area contributed by atoms with Crippen LogP contribution < -0.4 is 10.9 Å². The maximum absolute atomic E-state index is 12.2. The molecule has 0 aliphatic carbocycles. The second-order valence-corrected chi connectivity index (χ2v) is 7.41. The fraction of sp³-hybridized carbons (Fsp3) is 0.227. The van der Waals surface area contributed by atoms with Gasteiger partial charge in [0.25, 0.3) is 5.91 Å². The van der Waals surface area contributed by atoms with E-state index in [1.54, 1.807) is 30.3 Å². The molecule has 28 heavy (non-hydrogen) atoms. The average molecular weight is 379 g/mol. The number of ether oxygens (including phenoxy) is 1. The summed E-state index contributed by atoms with van der Waals surface area (Å²) in [5, 5.41) is 3.35. The fourth-order valence-electron chi connectivity index (χ4n) is 2.85. The minimum absolute atomic E-state index is 0.162. The Labute approximate surface area is 162 Å². The average Bonchev–Trinajstić information content (AvgIpc) is 2.65. The molecule has 0 bridgehead atoms. The monoisotopic (exact) mass is 379 g/mol. The normalized spacial score (nSPS) is 11.2. The Bertz CT molecular complexity index is 1090. The molecule has 0 fully saturated rings. The highest BCUT2D eigenvalue weighted by Crippen LogP contribution is 2.29. The molecule has 1 heterocycles. The molecule has 0 unspecified atom stereocenters. The third kappa shape index (κ3) is 4.28. The molecule has 6 heteroatoms. The van der Waals surface area contributed by atoms with E-state index in [0.29, 0.717) is 16.7 Å². The van der Waals surface area contributed by atoms with Crippen molar-refractivity contribution < 1.29 is 18.7 Å². The van der Waals surface area contributed by atoms with Gasteiger partial charge in [0.05, 0.1) is 0 Å². The lowest BCUT2D eigenvalue weighted by Gasteiger charge is -2.22. The summed E-state index contributed by atoms with van der Waals surface area (Å²) in [6.07, 6.45) is 0. The molecule has 144 valence electrons. The molecule has 1 aromatic heterocycles. The molecule has 0 radical (unpaired) electrons. The zero-order valence-electron chi connectivity index (χ0n) is 15.9. The van der Waals surface area contributed by atoms with Gasteiger partial charge in [0.2, 0.25) is 0 Å². The second-order valence-electron chi connectivity index (χ2n) is 7.41. The summed E-state index contributed by atoms with van der Waals surface area (Å²) in [7, 11) is 0. The van der Waals surface area contributed by atoms with Crippen LogP contribution in [-0.4, -0.2) is 18.5 Å². The van der Waals surface area contributed by atoms with Gasteiger partial charge in [-0.3, -0.25) is 4.79 Å². The van der Waals surface area contributed by atoms with E-state index in [9.17, 15) is 14.4 Å². The van der Waals surface area contributed by atoms with Gasteiger partial charge in [0, 0.05) is 11.1 Å². The number of benzene rings is 2. The number of nitrogens with one attached hydrogen (secondary N) is 1. The van der Waals surface area contributed by atoms with Gasteiger partial charge in [0.15, 0.2) is 6.61 Å². The Morgan fingerprint density at radius 2 is 1.71 bits per heavy atom. The molecule has 1 N–H and O–H groups in total. The number of carbonyl (C=O) groups excluding carboxylic acids is 2. The highest BCUT2D eigenvalue weighted by Gasteiger charge is 2.20. The van der Waals surface area contributed by atoms with Crippen molar-refractivity contribution >= 4 is 28.5 Å². The van der Waals surface area contributed by atoms with Crippen molar-refractivity contribution in [2.45, 2.75) is 26.2 Å². The highest BCUT2D eigenvalue weighted by molar-refractivity contribution is 5.97. The molecule has 0 spiro atoms. The van der Waals surface area contributed by atoms with Gasteiger partial charge in [-0.15, -0.1) is 0 Å². The third-order valence-electron chi connectivity index (χ3n) is 4.20. The Kier molecular flexibility index (Phi) is 5.31. The van der Waals surface area contributed by atoms with E-state index in [4.69, 9.17) is 9.15 Å². The first-order chi connectivity index (χ1) is 13.3. The van der Waals surface area contributed by atoms with E-state index in [2.05, 4.69) is 5.32 Å². The van der Waals surface area contributed by atoms with Crippen LogP contribution in [0.3, 0.4) is 0 Å². The smallest absolute Gasteiger partial charge is 0.351 e.